The van der Waals surface area contributed by atoms with E-state index in [4.69, 9.17) is 15.0 Å². The van der Waals surface area contributed by atoms with Crippen molar-refractivity contribution in [2.45, 2.75) is 64.2 Å². The van der Waals surface area contributed by atoms with Gasteiger partial charge in [0.25, 0.3) is 0 Å². The molecule has 52 heavy (non-hydrogen) atoms. The Morgan fingerprint density at radius 2 is 0.885 bits per heavy atom. The van der Waals surface area contributed by atoms with Gasteiger partial charge >= 0.3 is 0 Å². The van der Waals surface area contributed by atoms with Crippen molar-refractivity contribution in [1.29, 1.82) is 0 Å². The predicted molar refractivity (Wildman–Crippen MR) is 216 cm³/mol. The van der Waals surface area contributed by atoms with Crippen LogP contribution in [0.15, 0.2) is 152 Å². The highest BCUT2D eigenvalue weighted by Gasteiger charge is 2.30. The van der Waals surface area contributed by atoms with Crippen molar-refractivity contribution >= 4 is 0 Å². The van der Waals surface area contributed by atoms with Gasteiger partial charge in [-0.3, -0.25) is 9.97 Å². The van der Waals surface area contributed by atoms with Crippen LogP contribution in [0, 0.1) is 0 Å². The highest BCUT2D eigenvalue weighted by molar-refractivity contribution is 5.73. The number of pyridine rings is 3. The molecule has 2 unspecified atom stereocenters. The van der Waals surface area contributed by atoms with Crippen LogP contribution in [0.2, 0.25) is 0 Å². The molecule has 0 aliphatic carbocycles. The van der Waals surface area contributed by atoms with Crippen LogP contribution < -0.4 is 0 Å². The van der Waals surface area contributed by atoms with Gasteiger partial charge < -0.3 is 0 Å². The van der Waals surface area contributed by atoms with E-state index in [1.54, 1.807) is 0 Å². The third-order valence-electron chi connectivity index (χ3n) is 11.6. The fourth-order valence-electron chi connectivity index (χ4n) is 7.91. The topological polar surface area (TPSA) is 38.7 Å². The maximum atomic E-state index is 5.06. The average Bonchev–Trinajstić information content (AvgIpc) is 3.22. The second kappa shape index (κ2) is 13.8. The fraction of sp³-hybridized carbons (Fsp3) is 0.204. The van der Waals surface area contributed by atoms with Crippen LogP contribution >= 0.6 is 0 Å². The number of nitrogens with zero attached hydrogens (tertiary/aromatic N) is 3. The van der Waals surface area contributed by atoms with Crippen LogP contribution in [0.4, 0.5) is 0 Å². The lowest BCUT2D eigenvalue weighted by molar-refractivity contribution is 0.493. The number of benzene rings is 4. The molecule has 0 saturated heterocycles. The Hall–Kier alpha value is -5.67. The van der Waals surface area contributed by atoms with Crippen LogP contribution in [0.5, 0.6) is 0 Å². The number of unbranched alkanes of at least 4 members (excludes halogenated alkanes) is 1. The Kier molecular flexibility index (Phi) is 8.89. The molecule has 0 amide bonds. The maximum absolute atomic E-state index is 5.06. The van der Waals surface area contributed by atoms with Gasteiger partial charge in [0.05, 0.1) is 22.8 Å². The molecule has 5 aliphatic rings. The third-order valence-corrected chi connectivity index (χ3v) is 11.6. The first-order valence-corrected chi connectivity index (χ1v) is 18.7. The monoisotopic (exact) mass is 675 g/mol. The minimum Gasteiger partial charge on any atom is -0.255 e. The summed E-state index contributed by atoms with van der Waals surface area (Å²) in [6.45, 7) is 9.35. The van der Waals surface area contributed by atoms with E-state index in [1.807, 2.05) is 30.6 Å². The minimum atomic E-state index is -0.123. The minimum absolute atomic E-state index is 0.117. The molecule has 4 aromatic carbocycles. The van der Waals surface area contributed by atoms with Crippen LogP contribution in [-0.4, -0.2) is 15.0 Å². The molecule has 0 radical (unpaired) electrons. The van der Waals surface area contributed by atoms with Crippen LogP contribution in [0.1, 0.15) is 75.6 Å². The Morgan fingerprint density at radius 1 is 0.423 bits per heavy atom. The van der Waals surface area contributed by atoms with Crippen molar-refractivity contribution in [2.24, 2.45) is 0 Å². The van der Waals surface area contributed by atoms with Crippen molar-refractivity contribution in [2.75, 3.05) is 0 Å². The van der Waals surface area contributed by atoms with Gasteiger partial charge in [-0.05, 0) is 105 Å². The molecule has 12 rings (SSSR count). The van der Waals surface area contributed by atoms with Crippen LogP contribution in [-0.2, 0) is 10.8 Å². The highest BCUT2D eigenvalue weighted by Crippen LogP contribution is 2.41. The maximum Gasteiger partial charge on any atom is 0.0894 e. The van der Waals surface area contributed by atoms with Gasteiger partial charge in [0.1, 0.15) is 0 Å². The van der Waals surface area contributed by atoms with E-state index >= 15 is 0 Å². The van der Waals surface area contributed by atoms with Crippen molar-refractivity contribution in [3.05, 3.63) is 174 Å². The number of hydrogen-bond acceptors (Lipinski definition) is 3. The van der Waals surface area contributed by atoms with Crippen molar-refractivity contribution in [3.8, 4) is 56.2 Å². The van der Waals surface area contributed by atoms with Gasteiger partial charge in [-0.2, -0.15) is 0 Å². The molecular weight excluding hydrogens is 631 g/mol. The summed E-state index contributed by atoms with van der Waals surface area (Å²) in [5, 5.41) is 0. The summed E-state index contributed by atoms with van der Waals surface area (Å²) in [4.78, 5) is 14.5. The summed E-state index contributed by atoms with van der Waals surface area (Å²) >= 11 is 0. The predicted octanol–water partition coefficient (Wildman–Crippen LogP) is 12.7. The molecular formula is C49H45N3. The lowest BCUT2D eigenvalue weighted by Crippen LogP contribution is -2.23. The number of hydrogen-bond donors (Lipinski definition) is 0. The van der Waals surface area contributed by atoms with E-state index in [0.29, 0.717) is 0 Å². The first kappa shape index (κ1) is 33.5. The average molecular weight is 676 g/mol. The molecule has 2 atom stereocenters. The summed E-state index contributed by atoms with van der Waals surface area (Å²) in [5.41, 5.74) is 15.5. The Bertz CT molecular complexity index is 2340. The molecule has 3 heteroatoms. The Balaban J connectivity index is 1.29. The summed E-state index contributed by atoms with van der Waals surface area (Å²) in [7, 11) is 0. The number of aromatic nitrogens is 3. The molecule has 0 spiro atoms. The molecule has 7 aromatic rings. The van der Waals surface area contributed by atoms with E-state index in [-0.39, 0.29) is 10.8 Å². The second-order valence-corrected chi connectivity index (χ2v) is 14.7. The van der Waals surface area contributed by atoms with E-state index in [1.165, 1.54) is 33.4 Å². The first-order chi connectivity index (χ1) is 25.4. The van der Waals surface area contributed by atoms with Gasteiger partial charge in [0.15, 0.2) is 0 Å². The van der Waals surface area contributed by atoms with Gasteiger partial charge in [-0.25, -0.2) is 4.98 Å². The summed E-state index contributed by atoms with van der Waals surface area (Å²) < 4.78 is 0. The first-order valence-electron chi connectivity index (χ1n) is 18.7. The van der Waals surface area contributed by atoms with E-state index in [2.05, 4.69) is 149 Å². The normalized spacial score (nSPS) is 17.7. The Labute approximate surface area is 308 Å². The highest BCUT2D eigenvalue weighted by atomic mass is 14.8. The molecule has 8 heterocycles. The number of fused-ring (bicyclic) bond motifs is 1. The summed E-state index contributed by atoms with van der Waals surface area (Å²) in [5.74, 6) is 0. The molecule has 14 bridgehead atoms. The van der Waals surface area contributed by atoms with Gasteiger partial charge in [0, 0.05) is 23.2 Å². The zero-order valence-electron chi connectivity index (χ0n) is 30.6. The summed E-state index contributed by atoms with van der Waals surface area (Å²) in [6, 6.07) is 51.3. The molecule has 256 valence electrons. The van der Waals surface area contributed by atoms with E-state index in [0.717, 1.165) is 70.7 Å². The smallest absolute Gasteiger partial charge is 0.0894 e. The van der Waals surface area contributed by atoms with Gasteiger partial charge in [-0.1, -0.05) is 144 Å². The lowest BCUT2D eigenvalue weighted by Gasteiger charge is -2.32. The fourth-order valence-corrected chi connectivity index (χ4v) is 7.91. The van der Waals surface area contributed by atoms with Crippen LogP contribution in [0.3, 0.4) is 0 Å². The number of rotatable bonds is 4. The zero-order valence-corrected chi connectivity index (χ0v) is 30.6. The lowest BCUT2D eigenvalue weighted by atomic mass is 9.72. The van der Waals surface area contributed by atoms with Crippen molar-refractivity contribution in [1.82, 2.24) is 15.0 Å². The van der Waals surface area contributed by atoms with Crippen molar-refractivity contribution in [3.63, 3.8) is 0 Å². The molecule has 0 N–H and O–H groups in total. The zero-order chi connectivity index (χ0) is 35.7. The largest absolute Gasteiger partial charge is 0.255 e. The molecule has 3 nitrogen and oxygen atoms in total. The quantitative estimate of drug-likeness (QED) is 0.186. The van der Waals surface area contributed by atoms with Gasteiger partial charge in [-0.15, -0.1) is 0 Å². The standard InChI is InChI=1S/C49H45N3/c1-5-7-28-49(4)42-24-18-36(19-25-42)39-27-30-51-47(33-39)45-13-9-12-44(52-45)46-32-38(26-29-50-46)35-16-22-41(23-17-35)48(3,6-2)40-20-14-34(15-21-40)37-10-8-11-43(49)31-37/h8-27,29-33H,5-7,28H2,1-4H3. The molecule has 0 fully saturated rings. The Morgan fingerprint density at radius 3 is 1.37 bits per heavy atom. The van der Waals surface area contributed by atoms with Crippen LogP contribution in [0.25, 0.3) is 56.2 Å². The summed E-state index contributed by atoms with van der Waals surface area (Å²) in [6.07, 6.45) is 8.16. The molecule has 3 aromatic heterocycles. The second-order valence-electron chi connectivity index (χ2n) is 14.7. The molecule has 5 aliphatic heterocycles. The SMILES string of the molecule is CCCCC1(C)c2ccc(cc2)-c2ccnc(c2)-c2cccc(n2)-c2cc(ccn2)-c2ccc(cc2)C(C)(CC)c2ccc(cc2)-c2cccc1c2. The van der Waals surface area contributed by atoms with Gasteiger partial charge in [0.2, 0.25) is 0 Å². The molecule has 0 saturated carbocycles. The van der Waals surface area contributed by atoms with Crippen molar-refractivity contribution < 1.29 is 0 Å². The van der Waals surface area contributed by atoms with E-state index in [9.17, 15) is 0 Å². The van der Waals surface area contributed by atoms with E-state index < -0.39 is 0 Å². The third kappa shape index (κ3) is 6.15.